The maximum Gasteiger partial charge on any atom is 0.150 e. The van der Waals surface area contributed by atoms with Gasteiger partial charge in [0.25, 0.3) is 0 Å². The molecule has 2 unspecified atom stereocenters. The first-order chi connectivity index (χ1) is 10.9. The van der Waals surface area contributed by atoms with E-state index in [9.17, 15) is 15.0 Å². The van der Waals surface area contributed by atoms with Gasteiger partial charge in [0.15, 0.2) is 0 Å². The van der Waals surface area contributed by atoms with Crippen LogP contribution in [0.15, 0.2) is 18.2 Å². The SMILES string of the molecule is CCCC12CN3CC(C)(CN(C1)C3c1ccc(O)cc1O)C2=O. The molecule has 5 heteroatoms. The van der Waals surface area contributed by atoms with Gasteiger partial charge in [-0.1, -0.05) is 20.3 Å². The van der Waals surface area contributed by atoms with E-state index in [1.807, 2.05) is 0 Å². The van der Waals surface area contributed by atoms with Crippen LogP contribution < -0.4 is 0 Å². The molecule has 4 aliphatic heterocycles. The molecule has 1 aromatic carbocycles. The minimum atomic E-state index is -0.297. The fraction of sp³-hybridized carbons (Fsp3) is 0.611. The molecule has 4 fully saturated rings. The van der Waals surface area contributed by atoms with Crippen molar-refractivity contribution >= 4 is 5.78 Å². The van der Waals surface area contributed by atoms with E-state index in [1.165, 1.54) is 6.07 Å². The highest BCUT2D eigenvalue weighted by atomic mass is 16.3. The van der Waals surface area contributed by atoms with Gasteiger partial charge in [0.05, 0.1) is 17.0 Å². The Morgan fingerprint density at radius 1 is 1.17 bits per heavy atom. The molecule has 5 nitrogen and oxygen atoms in total. The van der Waals surface area contributed by atoms with Crippen molar-refractivity contribution in [2.75, 3.05) is 26.2 Å². The number of carbonyl (C=O) groups excluding carboxylic acids is 1. The number of piperidine rings is 2. The first-order valence-electron chi connectivity index (χ1n) is 8.43. The molecule has 4 aliphatic rings. The number of Topliss-reactive ketones (excluding diaryl/α,β-unsaturated/α-hetero) is 1. The second-order valence-electron chi connectivity index (χ2n) is 7.85. The Hall–Kier alpha value is -1.59. The summed E-state index contributed by atoms with van der Waals surface area (Å²) in [6.45, 7) is 7.28. The van der Waals surface area contributed by atoms with Crippen LogP contribution in [0.3, 0.4) is 0 Å². The summed E-state index contributed by atoms with van der Waals surface area (Å²) < 4.78 is 0. The van der Waals surface area contributed by atoms with Gasteiger partial charge < -0.3 is 10.2 Å². The first kappa shape index (κ1) is 15.0. The van der Waals surface area contributed by atoms with Crippen molar-refractivity contribution in [2.45, 2.75) is 32.9 Å². The highest BCUT2D eigenvalue weighted by Crippen LogP contribution is 2.54. The van der Waals surface area contributed by atoms with E-state index in [1.54, 1.807) is 12.1 Å². The Balaban J connectivity index is 1.74. The largest absolute Gasteiger partial charge is 0.508 e. The fourth-order valence-electron chi connectivity index (χ4n) is 5.28. The third-order valence-electron chi connectivity index (χ3n) is 5.86. The van der Waals surface area contributed by atoms with Crippen molar-refractivity contribution in [3.63, 3.8) is 0 Å². The molecule has 0 aliphatic carbocycles. The van der Waals surface area contributed by atoms with Crippen molar-refractivity contribution in [3.05, 3.63) is 23.8 Å². The second kappa shape index (κ2) is 4.71. The van der Waals surface area contributed by atoms with Gasteiger partial charge in [-0.05, 0) is 18.6 Å². The van der Waals surface area contributed by atoms with E-state index < -0.39 is 0 Å². The maximum atomic E-state index is 13.0. The molecule has 0 aromatic heterocycles. The quantitative estimate of drug-likeness (QED) is 0.894. The molecule has 4 heterocycles. The number of hydrogen-bond acceptors (Lipinski definition) is 5. The third kappa shape index (κ3) is 1.96. The van der Waals surface area contributed by atoms with Crippen LogP contribution in [-0.4, -0.2) is 52.0 Å². The van der Waals surface area contributed by atoms with Crippen LogP contribution in [0, 0.1) is 10.8 Å². The van der Waals surface area contributed by atoms with Crippen LogP contribution in [0.2, 0.25) is 0 Å². The number of phenolic OH excluding ortho intramolecular Hbond substituents is 2. The Labute approximate surface area is 136 Å². The van der Waals surface area contributed by atoms with Crippen LogP contribution in [0.4, 0.5) is 0 Å². The predicted octanol–water partition coefficient (Wildman–Crippen LogP) is 2.10. The van der Waals surface area contributed by atoms with E-state index in [4.69, 9.17) is 0 Å². The van der Waals surface area contributed by atoms with E-state index in [0.717, 1.165) is 44.6 Å². The summed E-state index contributed by atoms with van der Waals surface area (Å²) in [6, 6.07) is 4.82. The number of hydrogen-bond donors (Lipinski definition) is 2. The van der Waals surface area contributed by atoms with Gasteiger partial charge in [-0.25, -0.2) is 0 Å². The molecule has 5 rings (SSSR count). The Kier molecular flexibility index (Phi) is 3.06. The molecule has 1 aromatic rings. The number of rotatable bonds is 3. The lowest BCUT2D eigenvalue weighted by atomic mass is 9.59. The first-order valence-corrected chi connectivity index (χ1v) is 8.43. The van der Waals surface area contributed by atoms with Crippen molar-refractivity contribution in [1.29, 1.82) is 0 Å². The lowest BCUT2D eigenvalue weighted by molar-refractivity contribution is -0.201. The normalized spacial score (nSPS) is 41.5. The molecule has 23 heavy (non-hydrogen) atoms. The number of ketones is 1. The summed E-state index contributed by atoms with van der Waals surface area (Å²) in [6.07, 6.45) is 1.95. The topological polar surface area (TPSA) is 64.0 Å². The van der Waals surface area contributed by atoms with Gasteiger partial charge in [-0.3, -0.25) is 14.6 Å². The lowest BCUT2D eigenvalue weighted by Crippen LogP contribution is -2.76. The minimum absolute atomic E-state index is 0.00163. The zero-order valence-corrected chi connectivity index (χ0v) is 13.7. The van der Waals surface area contributed by atoms with Crippen LogP contribution >= 0.6 is 0 Å². The van der Waals surface area contributed by atoms with E-state index >= 15 is 0 Å². The Morgan fingerprint density at radius 2 is 1.83 bits per heavy atom. The molecule has 0 saturated carbocycles. The second-order valence-corrected chi connectivity index (χ2v) is 7.85. The standard InChI is InChI=1S/C18H24N2O3/c1-3-6-18-10-19-8-17(2,16(18)23)9-20(11-18)15(19)13-5-4-12(21)7-14(13)22/h4-5,7,15,21-22H,3,6,8-11H2,1-2H3. The summed E-state index contributed by atoms with van der Waals surface area (Å²) in [5, 5.41) is 19.8. The van der Waals surface area contributed by atoms with Crippen LogP contribution in [0.1, 0.15) is 38.4 Å². The smallest absolute Gasteiger partial charge is 0.150 e. The lowest BCUT2D eigenvalue weighted by Gasteiger charge is -2.65. The van der Waals surface area contributed by atoms with Crippen LogP contribution in [-0.2, 0) is 4.79 Å². The monoisotopic (exact) mass is 316 g/mol. The van der Waals surface area contributed by atoms with E-state index in [2.05, 4.69) is 23.6 Å². The molecule has 4 saturated heterocycles. The molecule has 0 radical (unpaired) electrons. The van der Waals surface area contributed by atoms with Crippen molar-refractivity contribution in [1.82, 2.24) is 9.80 Å². The number of phenols is 2. The number of benzene rings is 1. The molecule has 2 N–H and O–H groups in total. The molecule has 0 spiro atoms. The van der Waals surface area contributed by atoms with Gasteiger partial charge >= 0.3 is 0 Å². The van der Waals surface area contributed by atoms with Crippen LogP contribution in [0.25, 0.3) is 0 Å². The summed E-state index contributed by atoms with van der Waals surface area (Å²) in [4.78, 5) is 17.7. The van der Waals surface area contributed by atoms with Crippen molar-refractivity contribution in [3.8, 4) is 11.5 Å². The molecule has 4 bridgehead atoms. The number of nitrogens with zero attached hydrogens (tertiary/aromatic N) is 2. The summed E-state index contributed by atoms with van der Waals surface area (Å²) in [7, 11) is 0. The Bertz CT molecular complexity index is 656. The highest BCUT2D eigenvalue weighted by Gasteiger charge is 2.63. The van der Waals surface area contributed by atoms with E-state index in [-0.39, 0.29) is 28.5 Å². The van der Waals surface area contributed by atoms with Gasteiger partial charge in [0.1, 0.15) is 17.3 Å². The van der Waals surface area contributed by atoms with Crippen molar-refractivity contribution < 1.29 is 15.0 Å². The molecule has 124 valence electrons. The number of carbonyl (C=O) groups is 1. The molecule has 0 amide bonds. The molecular weight excluding hydrogens is 292 g/mol. The van der Waals surface area contributed by atoms with Gasteiger partial charge in [-0.2, -0.15) is 0 Å². The zero-order valence-electron chi connectivity index (χ0n) is 13.7. The third-order valence-corrected chi connectivity index (χ3v) is 5.86. The zero-order chi connectivity index (χ0) is 16.4. The Morgan fingerprint density at radius 3 is 2.39 bits per heavy atom. The molecular formula is C18H24N2O3. The summed E-state index contributed by atoms with van der Waals surface area (Å²) in [5.41, 5.74) is 0.280. The average molecular weight is 316 g/mol. The van der Waals surface area contributed by atoms with Gasteiger partial charge in [0, 0.05) is 37.8 Å². The maximum absolute atomic E-state index is 13.0. The highest BCUT2D eigenvalue weighted by molar-refractivity contribution is 5.93. The molecule has 2 atom stereocenters. The predicted molar refractivity (Wildman–Crippen MR) is 86.1 cm³/mol. The van der Waals surface area contributed by atoms with Crippen molar-refractivity contribution in [2.24, 2.45) is 10.8 Å². The summed E-state index contributed by atoms with van der Waals surface area (Å²) in [5.74, 6) is 0.640. The average Bonchev–Trinajstić information content (AvgIpc) is 2.45. The fourth-order valence-corrected chi connectivity index (χ4v) is 5.28. The number of aromatic hydroxyl groups is 2. The van der Waals surface area contributed by atoms with Crippen LogP contribution in [0.5, 0.6) is 11.5 Å². The van der Waals surface area contributed by atoms with E-state index in [0.29, 0.717) is 5.78 Å². The van der Waals surface area contributed by atoms with Gasteiger partial charge in [-0.15, -0.1) is 0 Å². The van der Waals surface area contributed by atoms with Gasteiger partial charge in [0.2, 0.25) is 0 Å². The minimum Gasteiger partial charge on any atom is -0.508 e. The summed E-state index contributed by atoms with van der Waals surface area (Å²) >= 11 is 0.